The molecule has 0 aliphatic carbocycles. The van der Waals surface area contributed by atoms with Crippen molar-refractivity contribution in [1.29, 1.82) is 0 Å². The SMILES string of the molecule is c1ccc(-c2cc3ccc4c(-c5cc6ccccc6o5)cc(-c5cc6ccccc6o5)c5ccc(c2)c3c45)cc1. The van der Waals surface area contributed by atoms with Crippen LogP contribution >= 0.6 is 0 Å². The summed E-state index contributed by atoms with van der Waals surface area (Å²) in [6.07, 6.45) is 0. The molecule has 40 heavy (non-hydrogen) atoms. The van der Waals surface area contributed by atoms with Gasteiger partial charge in [0.25, 0.3) is 0 Å². The number of rotatable bonds is 3. The first kappa shape index (κ1) is 21.6. The molecule has 0 aliphatic rings. The lowest BCUT2D eigenvalue weighted by Crippen LogP contribution is -1.90. The Bertz CT molecular complexity index is 2160. The molecule has 9 aromatic rings. The van der Waals surface area contributed by atoms with E-state index < -0.39 is 0 Å². The second kappa shape index (κ2) is 8.08. The molecule has 0 aliphatic heterocycles. The van der Waals surface area contributed by atoms with Gasteiger partial charge in [0.15, 0.2) is 0 Å². The van der Waals surface area contributed by atoms with Gasteiger partial charge < -0.3 is 8.83 Å². The van der Waals surface area contributed by atoms with E-state index in [0.717, 1.165) is 44.6 Å². The van der Waals surface area contributed by atoms with Crippen LogP contribution in [0.2, 0.25) is 0 Å². The van der Waals surface area contributed by atoms with Gasteiger partial charge in [-0.3, -0.25) is 0 Å². The summed E-state index contributed by atoms with van der Waals surface area (Å²) >= 11 is 0. The van der Waals surface area contributed by atoms with Gasteiger partial charge in [0.05, 0.1) is 0 Å². The third-order valence-electron chi connectivity index (χ3n) is 8.21. The van der Waals surface area contributed by atoms with Crippen LogP contribution in [0.25, 0.3) is 88.0 Å². The number of fused-ring (bicyclic) bond motifs is 2. The van der Waals surface area contributed by atoms with Gasteiger partial charge in [-0.15, -0.1) is 0 Å². The highest BCUT2D eigenvalue weighted by molar-refractivity contribution is 6.28. The number of hydrogen-bond donors (Lipinski definition) is 0. The number of benzene rings is 7. The summed E-state index contributed by atoms with van der Waals surface area (Å²) in [5, 5.41) is 9.52. The van der Waals surface area contributed by atoms with Crippen molar-refractivity contribution in [2.75, 3.05) is 0 Å². The first-order valence-electron chi connectivity index (χ1n) is 13.6. The fourth-order valence-electron chi connectivity index (χ4n) is 6.35. The third kappa shape index (κ3) is 3.11. The fraction of sp³-hybridized carbons (Fsp3) is 0. The highest BCUT2D eigenvalue weighted by Gasteiger charge is 2.20. The van der Waals surface area contributed by atoms with Gasteiger partial charge >= 0.3 is 0 Å². The molecule has 0 amide bonds. The average Bonchev–Trinajstić information content (AvgIpc) is 3.64. The molecule has 0 bridgehead atoms. The van der Waals surface area contributed by atoms with Crippen molar-refractivity contribution in [3.63, 3.8) is 0 Å². The van der Waals surface area contributed by atoms with Crippen molar-refractivity contribution in [3.05, 3.63) is 133 Å². The molecule has 9 rings (SSSR count). The van der Waals surface area contributed by atoms with E-state index in [0.29, 0.717) is 0 Å². The molecule has 0 N–H and O–H groups in total. The van der Waals surface area contributed by atoms with Crippen molar-refractivity contribution in [3.8, 4) is 33.8 Å². The zero-order valence-electron chi connectivity index (χ0n) is 21.5. The highest BCUT2D eigenvalue weighted by Crippen LogP contribution is 2.46. The number of furan rings is 2. The summed E-state index contributed by atoms with van der Waals surface area (Å²) in [7, 11) is 0. The Balaban J connectivity index is 1.40. The Morgan fingerprint density at radius 2 is 0.875 bits per heavy atom. The molecule has 2 heterocycles. The highest BCUT2D eigenvalue weighted by atomic mass is 16.3. The van der Waals surface area contributed by atoms with E-state index in [4.69, 9.17) is 8.83 Å². The van der Waals surface area contributed by atoms with Crippen molar-refractivity contribution < 1.29 is 8.83 Å². The molecule has 2 nitrogen and oxygen atoms in total. The van der Waals surface area contributed by atoms with E-state index in [1.807, 2.05) is 24.3 Å². The van der Waals surface area contributed by atoms with Crippen LogP contribution in [0.5, 0.6) is 0 Å². The van der Waals surface area contributed by atoms with Crippen molar-refractivity contribution >= 4 is 54.3 Å². The molecule has 0 atom stereocenters. The second-order valence-electron chi connectivity index (χ2n) is 10.5. The monoisotopic (exact) mass is 510 g/mol. The lowest BCUT2D eigenvalue weighted by atomic mass is 9.86. The second-order valence-corrected chi connectivity index (χ2v) is 10.5. The minimum absolute atomic E-state index is 0.862. The topological polar surface area (TPSA) is 26.3 Å². The van der Waals surface area contributed by atoms with Gasteiger partial charge in [-0.1, -0.05) is 91.0 Å². The van der Waals surface area contributed by atoms with Gasteiger partial charge in [-0.2, -0.15) is 0 Å². The molecule has 0 unspecified atom stereocenters. The predicted octanol–water partition coefficient (Wildman–Crippen LogP) is 11.1. The standard InChI is InChI=1S/C38H22O2/c1-2-8-23(9-3-1)28-18-26-14-16-29-31(35-20-24-10-4-6-12-33(24)39-35)22-32(30-17-15-27(19-28)37(26)38(29)30)36-21-25-11-5-7-13-34(25)40-36/h1-22H. The molecule has 2 heteroatoms. The summed E-state index contributed by atoms with van der Waals surface area (Å²) in [6, 6.07) is 47.2. The first-order chi connectivity index (χ1) is 19.8. The van der Waals surface area contributed by atoms with Gasteiger partial charge in [0.2, 0.25) is 0 Å². The maximum absolute atomic E-state index is 6.44. The third-order valence-corrected chi connectivity index (χ3v) is 8.21. The summed E-state index contributed by atoms with van der Waals surface area (Å²) in [6.45, 7) is 0. The van der Waals surface area contributed by atoms with Gasteiger partial charge in [-0.25, -0.2) is 0 Å². The van der Waals surface area contributed by atoms with Crippen LogP contribution < -0.4 is 0 Å². The van der Waals surface area contributed by atoms with Crippen molar-refractivity contribution in [2.24, 2.45) is 0 Å². The van der Waals surface area contributed by atoms with E-state index >= 15 is 0 Å². The normalized spacial score (nSPS) is 12.0. The molecule has 0 fully saturated rings. The Kier molecular flexibility index (Phi) is 4.36. The zero-order valence-corrected chi connectivity index (χ0v) is 21.5. The first-order valence-corrected chi connectivity index (χ1v) is 13.6. The number of hydrogen-bond acceptors (Lipinski definition) is 2. The molecule has 0 saturated carbocycles. The molecule has 2 aromatic heterocycles. The molecule has 186 valence electrons. The quantitative estimate of drug-likeness (QED) is 0.221. The Morgan fingerprint density at radius 1 is 0.350 bits per heavy atom. The zero-order chi connectivity index (χ0) is 26.2. The van der Waals surface area contributed by atoms with E-state index in [9.17, 15) is 0 Å². The summed E-state index contributed by atoms with van der Waals surface area (Å²) < 4.78 is 12.9. The van der Waals surface area contributed by atoms with E-state index in [2.05, 4.69) is 109 Å². The predicted molar refractivity (Wildman–Crippen MR) is 166 cm³/mol. The smallest absolute Gasteiger partial charge is 0.136 e. The molecular formula is C38H22O2. The van der Waals surface area contributed by atoms with Crippen LogP contribution in [-0.2, 0) is 0 Å². The molecular weight excluding hydrogens is 488 g/mol. The Labute approximate surface area is 230 Å². The minimum atomic E-state index is 0.862. The maximum atomic E-state index is 6.44. The lowest BCUT2D eigenvalue weighted by Gasteiger charge is -2.17. The summed E-state index contributed by atoms with van der Waals surface area (Å²) in [4.78, 5) is 0. The van der Waals surface area contributed by atoms with Crippen LogP contribution in [0.3, 0.4) is 0 Å². The average molecular weight is 511 g/mol. The maximum Gasteiger partial charge on any atom is 0.136 e. The van der Waals surface area contributed by atoms with Gasteiger partial charge in [-0.05, 0) is 85.9 Å². The van der Waals surface area contributed by atoms with E-state index in [1.54, 1.807) is 0 Å². The fourth-order valence-corrected chi connectivity index (χ4v) is 6.35. The Morgan fingerprint density at radius 3 is 1.43 bits per heavy atom. The van der Waals surface area contributed by atoms with Crippen LogP contribution in [0.1, 0.15) is 0 Å². The van der Waals surface area contributed by atoms with Crippen LogP contribution in [0.15, 0.2) is 142 Å². The van der Waals surface area contributed by atoms with Gasteiger partial charge in [0, 0.05) is 21.9 Å². The Hall–Kier alpha value is -5.34. The van der Waals surface area contributed by atoms with Crippen molar-refractivity contribution in [2.45, 2.75) is 0 Å². The lowest BCUT2D eigenvalue weighted by molar-refractivity contribution is 0.630. The molecule has 0 spiro atoms. The van der Waals surface area contributed by atoms with E-state index in [-0.39, 0.29) is 0 Å². The minimum Gasteiger partial charge on any atom is -0.456 e. The van der Waals surface area contributed by atoms with Crippen LogP contribution in [0.4, 0.5) is 0 Å². The summed E-state index contributed by atoms with van der Waals surface area (Å²) in [5.74, 6) is 1.72. The molecule has 0 radical (unpaired) electrons. The van der Waals surface area contributed by atoms with E-state index in [1.165, 1.54) is 43.4 Å². The van der Waals surface area contributed by atoms with Gasteiger partial charge in [0.1, 0.15) is 22.7 Å². The molecule has 7 aromatic carbocycles. The summed E-state index contributed by atoms with van der Waals surface area (Å²) in [5.41, 5.74) is 6.36. The van der Waals surface area contributed by atoms with Crippen molar-refractivity contribution in [1.82, 2.24) is 0 Å². The largest absolute Gasteiger partial charge is 0.456 e. The number of para-hydroxylation sites is 2. The van der Waals surface area contributed by atoms with Crippen LogP contribution in [0, 0.1) is 0 Å². The van der Waals surface area contributed by atoms with Crippen LogP contribution in [-0.4, -0.2) is 0 Å². The molecule has 0 saturated heterocycles.